The van der Waals surface area contributed by atoms with Crippen LogP contribution in [0.1, 0.15) is 0 Å². The zero-order valence-electron chi connectivity index (χ0n) is 17.3. The number of imidazole rings is 1. The van der Waals surface area contributed by atoms with E-state index in [-0.39, 0.29) is 0 Å². The Morgan fingerprint density at radius 3 is 2.48 bits per heavy atom. The average molecular weight is 415 g/mol. The summed E-state index contributed by atoms with van der Waals surface area (Å²) < 4.78 is 18.4. The predicted molar refractivity (Wildman–Crippen MR) is 120 cm³/mol. The highest BCUT2D eigenvalue weighted by molar-refractivity contribution is 5.85. The number of fused-ring (bicyclic) bond motifs is 2. The molecule has 3 aromatic heterocycles. The molecule has 0 aliphatic carbocycles. The van der Waals surface area contributed by atoms with Gasteiger partial charge in [-0.3, -0.25) is 4.40 Å². The molecule has 0 spiro atoms. The zero-order chi connectivity index (χ0) is 21.4. The normalized spacial score (nSPS) is 11.1. The van der Waals surface area contributed by atoms with E-state index in [1.807, 2.05) is 47.1 Å². The van der Waals surface area contributed by atoms with E-state index in [0.717, 1.165) is 27.8 Å². The van der Waals surface area contributed by atoms with Crippen LogP contribution in [0.25, 0.3) is 27.8 Å². The first-order chi connectivity index (χ1) is 15.2. The number of hydrogen-bond acceptors (Lipinski definition) is 6. The van der Waals surface area contributed by atoms with E-state index in [1.54, 1.807) is 33.7 Å². The molecular formula is C23H21N5O3. The fourth-order valence-corrected chi connectivity index (χ4v) is 3.72. The van der Waals surface area contributed by atoms with Crippen molar-refractivity contribution in [1.82, 2.24) is 19.4 Å². The predicted octanol–water partition coefficient (Wildman–Crippen LogP) is 4.65. The number of aromatic nitrogens is 4. The van der Waals surface area contributed by atoms with Crippen molar-refractivity contribution in [3.63, 3.8) is 0 Å². The summed E-state index contributed by atoms with van der Waals surface area (Å²) >= 11 is 0. The molecule has 0 bridgehead atoms. The van der Waals surface area contributed by atoms with Gasteiger partial charge in [-0.15, -0.1) is 0 Å². The molecule has 0 aliphatic rings. The monoisotopic (exact) mass is 415 g/mol. The van der Waals surface area contributed by atoms with Crippen molar-refractivity contribution in [2.24, 2.45) is 0 Å². The van der Waals surface area contributed by atoms with Crippen LogP contribution in [0.15, 0.2) is 61.2 Å². The molecule has 0 atom stereocenters. The minimum Gasteiger partial charge on any atom is -0.493 e. The van der Waals surface area contributed by atoms with E-state index in [0.29, 0.717) is 28.7 Å². The molecule has 0 amide bonds. The minimum atomic E-state index is 0.548. The quantitative estimate of drug-likeness (QED) is 0.420. The van der Waals surface area contributed by atoms with Gasteiger partial charge in [0, 0.05) is 40.7 Å². The van der Waals surface area contributed by atoms with Crippen molar-refractivity contribution in [2.45, 2.75) is 0 Å². The third kappa shape index (κ3) is 3.18. The van der Waals surface area contributed by atoms with E-state index in [2.05, 4.69) is 26.3 Å². The number of aromatic amines is 1. The maximum Gasteiger partial charge on any atom is 0.203 e. The summed E-state index contributed by atoms with van der Waals surface area (Å²) in [5.41, 5.74) is 4.49. The molecule has 8 nitrogen and oxygen atoms in total. The third-order valence-electron chi connectivity index (χ3n) is 5.20. The molecule has 31 heavy (non-hydrogen) atoms. The van der Waals surface area contributed by atoms with Crippen LogP contribution in [0.4, 0.5) is 11.5 Å². The fraction of sp³-hybridized carbons (Fsp3) is 0.130. The molecule has 0 radical (unpaired) electrons. The van der Waals surface area contributed by atoms with Gasteiger partial charge in [-0.1, -0.05) is 0 Å². The Bertz CT molecular complexity index is 1360. The van der Waals surface area contributed by atoms with Crippen LogP contribution in [0.3, 0.4) is 0 Å². The molecule has 5 aromatic rings. The molecule has 0 fully saturated rings. The van der Waals surface area contributed by atoms with Gasteiger partial charge in [-0.05, 0) is 36.4 Å². The fourth-order valence-electron chi connectivity index (χ4n) is 3.72. The van der Waals surface area contributed by atoms with Crippen molar-refractivity contribution in [2.75, 3.05) is 26.6 Å². The molecular weight excluding hydrogens is 394 g/mol. The van der Waals surface area contributed by atoms with Gasteiger partial charge in [0.1, 0.15) is 0 Å². The van der Waals surface area contributed by atoms with Gasteiger partial charge in [0.25, 0.3) is 0 Å². The summed E-state index contributed by atoms with van der Waals surface area (Å²) in [5.74, 6) is 2.38. The van der Waals surface area contributed by atoms with Gasteiger partial charge in [0.15, 0.2) is 23.0 Å². The lowest BCUT2D eigenvalue weighted by Crippen LogP contribution is -1.99. The topological polar surface area (TPSA) is 85.7 Å². The standard InChI is InChI=1S/C23H21N5O3/c1-29-19-11-15(12-20(30-2)21(19)31-3)18-13-26-23-22(25-8-9-28(18)23)27-16-4-5-17-14(10-16)6-7-24-17/h4-13,24H,1-3H3,(H,25,27). The second-order valence-corrected chi connectivity index (χ2v) is 6.93. The van der Waals surface area contributed by atoms with Gasteiger partial charge in [0.05, 0.1) is 33.2 Å². The van der Waals surface area contributed by atoms with Gasteiger partial charge >= 0.3 is 0 Å². The number of nitrogens with zero attached hydrogens (tertiary/aromatic N) is 3. The SMILES string of the molecule is COc1cc(-c2cnc3c(Nc4ccc5[nH]ccc5c4)nccn23)cc(OC)c1OC. The highest BCUT2D eigenvalue weighted by atomic mass is 16.5. The number of H-pyrrole nitrogens is 1. The molecule has 0 unspecified atom stereocenters. The van der Waals surface area contributed by atoms with E-state index in [4.69, 9.17) is 14.2 Å². The van der Waals surface area contributed by atoms with Crippen LogP contribution in [-0.4, -0.2) is 40.7 Å². The first-order valence-electron chi connectivity index (χ1n) is 9.68. The Hall–Kier alpha value is -4.20. The van der Waals surface area contributed by atoms with Gasteiger partial charge in [-0.25, -0.2) is 9.97 Å². The van der Waals surface area contributed by atoms with Crippen LogP contribution >= 0.6 is 0 Å². The zero-order valence-corrected chi connectivity index (χ0v) is 17.3. The van der Waals surface area contributed by atoms with E-state index in [9.17, 15) is 0 Å². The summed E-state index contributed by atoms with van der Waals surface area (Å²) in [7, 11) is 4.79. The highest BCUT2D eigenvalue weighted by Crippen LogP contribution is 2.41. The number of rotatable bonds is 6. The molecule has 0 aliphatic heterocycles. The van der Waals surface area contributed by atoms with Gasteiger partial charge in [0.2, 0.25) is 5.75 Å². The molecule has 8 heteroatoms. The Morgan fingerprint density at radius 1 is 0.935 bits per heavy atom. The van der Waals surface area contributed by atoms with Crippen LogP contribution in [0, 0.1) is 0 Å². The maximum absolute atomic E-state index is 5.50. The number of methoxy groups -OCH3 is 3. The lowest BCUT2D eigenvalue weighted by atomic mass is 10.1. The van der Waals surface area contributed by atoms with Crippen LogP contribution in [-0.2, 0) is 0 Å². The molecule has 2 N–H and O–H groups in total. The van der Waals surface area contributed by atoms with Gasteiger partial charge < -0.3 is 24.5 Å². The van der Waals surface area contributed by atoms with Crippen molar-refractivity contribution in [3.05, 3.63) is 61.2 Å². The summed E-state index contributed by atoms with van der Waals surface area (Å²) in [6.45, 7) is 0. The first-order valence-corrected chi connectivity index (χ1v) is 9.68. The second-order valence-electron chi connectivity index (χ2n) is 6.93. The highest BCUT2D eigenvalue weighted by Gasteiger charge is 2.17. The third-order valence-corrected chi connectivity index (χ3v) is 5.20. The summed E-state index contributed by atoms with van der Waals surface area (Å²) in [6.07, 6.45) is 7.35. The summed E-state index contributed by atoms with van der Waals surface area (Å²) in [5, 5.41) is 4.50. The van der Waals surface area contributed by atoms with Crippen molar-refractivity contribution in [1.29, 1.82) is 0 Å². The Morgan fingerprint density at radius 2 is 1.74 bits per heavy atom. The molecule has 0 saturated heterocycles. The number of nitrogens with one attached hydrogen (secondary N) is 2. The molecule has 0 saturated carbocycles. The van der Waals surface area contributed by atoms with Gasteiger partial charge in [-0.2, -0.15) is 0 Å². The van der Waals surface area contributed by atoms with E-state index < -0.39 is 0 Å². The second kappa shape index (κ2) is 7.56. The van der Waals surface area contributed by atoms with Crippen molar-refractivity contribution >= 4 is 28.1 Å². The Balaban J connectivity index is 1.58. The summed E-state index contributed by atoms with van der Waals surface area (Å²) in [4.78, 5) is 12.3. The lowest BCUT2D eigenvalue weighted by Gasteiger charge is -2.14. The lowest BCUT2D eigenvalue weighted by molar-refractivity contribution is 0.324. The van der Waals surface area contributed by atoms with E-state index >= 15 is 0 Å². The Labute approximate surface area is 178 Å². The number of benzene rings is 2. The number of anilines is 2. The molecule has 5 rings (SSSR count). The first kappa shape index (κ1) is 18.8. The van der Waals surface area contributed by atoms with Crippen LogP contribution in [0.2, 0.25) is 0 Å². The van der Waals surface area contributed by atoms with E-state index in [1.165, 1.54) is 0 Å². The van der Waals surface area contributed by atoms with Crippen LogP contribution < -0.4 is 19.5 Å². The number of hydrogen-bond donors (Lipinski definition) is 2. The molecule has 3 heterocycles. The molecule has 2 aromatic carbocycles. The maximum atomic E-state index is 5.50. The van der Waals surface area contributed by atoms with Crippen LogP contribution in [0.5, 0.6) is 17.2 Å². The van der Waals surface area contributed by atoms with Crippen molar-refractivity contribution < 1.29 is 14.2 Å². The minimum absolute atomic E-state index is 0.548. The number of ether oxygens (including phenoxy) is 3. The van der Waals surface area contributed by atoms with Crippen molar-refractivity contribution in [3.8, 4) is 28.5 Å². The smallest absolute Gasteiger partial charge is 0.203 e. The molecule has 156 valence electrons. The Kier molecular flexibility index (Phi) is 4.59. The largest absolute Gasteiger partial charge is 0.493 e. The summed E-state index contributed by atoms with van der Waals surface area (Å²) in [6, 6.07) is 11.9. The average Bonchev–Trinajstić information content (AvgIpc) is 3.45.